The van der Waals surface area contributed by atoms with Crippen LogP contribution in [0.1, 0.15) is 16.7 Å². The van der Waals surface area contributed by atoms with E-state index >= 15 is 0 Å². The lowest BCUT2D eigenvalue weighted by molar-refractivity contribution is 1.24. The molecule has 0 amide bonds. The van der Waals surface area contributed by atoms with Crippen molar-refractivity contribution in [2.45, 2.75) is 13.3 Å². The number of aryl methyl sites for hydroxylation is 1. The molecule has 0 nitrogen and oxygen atoms in total. The normalized spacial score (nSPS) is 12.8. The van der Waals surface area contributed by atoms with Crippen LogP contribution in [0.25, 0.3) is 17.2 Å². The van der Waals surface area contributed by atoms with Crippen molar-refractivity contribution in [2.75, 3.05) is 0 Å². The predicted octanol–water partition coefficient (Wildman–Crippen LogP) is 4.23. The molecule has 0 heteroatoms. The van der Waals surface area contributed by atoms with E-state index in [2.05, 4.69) is 61.5 Å². The number of hydrogen-bond donors (Lipinski definition) is 0. The number of benzene rings is 2. The van der Waals surface area contributed by atoms with Crippen LogP contribution >= 0.6 is 0 Å². The molecule has 0 N–H and O–H groups in total. The maximum Gasteiger partial charge on any atom is -0.00853 e. The van der Waals surface area contributed by atoms with E-state index in [0.29, 0.717) is 0 Å². The molecule has 3 rings (SSSR count). The van der Waals surface area contributed by atoms with Gasteiger partial charge in [0.15, 0.2) is 0 Å². The minimum atomic E-state index is 1.09. The van der Waals surface area contributed by atoms with Crippen molar-refractivity contribution in [3.8, 4) is 11.1 Å². The molecular weight excluding hydrogens is 192 g/mol. The van der Waals surface area contributed by atoms with Gasteiger partial charge in [-0.05, 0) is 41.2 Å². The second-order valence-corrected chi connectivity index (χ2v) is 4.29. The van der Waals surface area contributed by atoms with Crippen molar-refractivity contribution < 1.29 is 0 Å². The molecule has 0 bridgehead atoms. The van der Waals surface area contributed by atoms with Gasteiger partial charge in [-0.1, -0.05) is 54.6 Å². The van der Waals surface area contributed by atoms with E-state index < -0.39 is 0 Å². The minimum Gasteiger partial charge on any atom is -0.0795 e. The fourth-order valence-electron chi connectivity index (χ4n) is 2.40. The lowest BCUT2D eigenvalue weighted by Crippen LogP contribution is -1.90. The number of fused-ring (bicyclic) bond motifs is 1. The first-order valence-electron chi connectivity index (χ1n) is 5.71. The highest BCUT2D eigenvalue weighted by molar-refractivity contribution is 5.80. The third kappa shape index (κ3) is 1.38. The molecule has 78 valence electrons. The number of allylic oxidation sites excluding steroid dienone is 1. The molecule has 0 unspecified atom stereocenters. The van der Waals surface area contributed by atoms with Gasteiger partial charge in [0.05, 0.1) is 0 Å². The zero-order chi connectivity index (χ0) is 11.0. The van der Waals surface area contributed by atoms with Crippen molar-refractivity contribution in [2.24, 2.45) is 0 Å². The van der Waals surface area contributed by atoms with Crippen LogP contribution in [-0.2, 0) is 6.42 Å². The second kappa shape index (κ2) is 3.64. The van der Waals surface area contributed by atoms with Gasteiger partial charge in [0.2, 0.25) is 0 Å². The van der Waals surface area contributed by atoms with E-state index in [0.717, 1.165) is 6.42 Å². The predicted molar refractivity (Wildman–Crippen MR) is 69.4 cm³/mol. The number of hydrogen-bond acceptors (Lipinski definition) is 0. The first kappa shape index (κ1) is 9.41. The van der Waals surface area contributed by atoms with E-state index in [9.17, 15) is 0 Å². The zero-order valence-corrected chi connectivity index (χ0v) is 9.40. The second-order valence-electron chi connectivity index (χ2n) is 4.29. The topological polar surface area (TPSA) is 0 Å². The average Bonchev–Trinajstić information content (AvgIpc) is 2.81. The highest BCUT2D eigenvalue weighted by atomic mass is 14.2. The summed E-state index contributed by atoms with van der Waals surface area (Å²) in [6.45, 7) is 2.20. The van der Waals surface area contributed by atoms with Gasteiger partial charge in [-0.3, -0.25) is 0 Å². The van der Waals surface area contributed by atoms with Crippen LogP contribution in [0.5, 0.6) is 0 Å². The van der Waals surface area contributed by atoms with E-state index in [1.165, 1.54) is 27.8 Å². The highest BCUT2D eigenvalue weighted by Gasteiger charge is 2.12. The molecule has 0 spiro atoms. The van der Waals surface area contributed by atoms with Gasteiger partial charge < -0.3 is 0 Å². The van der Waals surface area contributed by atoms with Crippen LogP contribution in [-0.4, -0.2) is 0 Å². The molecule has 0 aromatic heterocycles. The van der Waals surface area contributed by atoms with Gasteiger partial charge in [-0.15, -0.1) is 0 Å². The van der Waals surface area contributed by atoms with E-state index in [1.54, 1.807) is 0 Å². The van der Waals surface area contributed by atoms with Gasteiger partial charge >= 0.3 is 0 Å². The van der Waals surface area contributed by atoms with Crippen molar-refractivity contribution in [3.05, 3.63) is 65.2 Å². The highest BCUT2D eigenvalue weighted by Crippen LogP contribution is 2.32. The Hall–Kier alpha value is -1.82. The van der Waals surface area contributed by atoms with E-state index in [4.69, 9.17) is 0 Å². The van der Waals surface area contributed by atoms with Crippen LogP contribution in [0.3, 0.4) is 0 Å². The molecule has 0 aliphatic heterocycles. The molecule has 1 aliphatic carbocycles. The molecular formula is C16H14. The monoisotopic (exact) mass is 206 g/mol. The summed E-state index contributed by atoms with van der Waals surface area (Å²) < 4.78 is 0. The summed E-state index contributed by atoms with van der Waals surface area (Å²) in [4.78, 5) is 0. The minimum absolute atomic E-state index is 1.09. The third-order valence-electron chi connectivity index (χ3n) is 3.28. The standard InChI is InChI=1S/C16H14/c1-12-10-11-15(13-6-3-2-4-7-13)16-9-5-8-14(12)16/h2-7,9-11H,8H2,1H3. The first-order valence-corrected chi connectivity index (χ1v) is 5.71. The Bertz CT molecular complexity index is 548. The van der Waals surface area contributed by atoms with Crippen molar-refractivity contribution in [3.63, 3.8) is 0 Å². The van der Waals surface area contributed by atoms with Gasteiger partial charge in [-0.2, -0.15) is 0 Å². The van der Waals surface area contributed by atoms with E-state index in [1.807, 2.05) is 0 Å². The number of rotatable bonds is 1. The molecule has 0 radical (unpaired) electrons. The summed E-state index contributed by atoms with van der Waals surface area (Å²) in [5, 5.41) is 0. The Labute approximate surface area is 96.3 Å². The molecule has 0 saturated carbocycles. The molecule has 0 saturated heterocycles. The quantitative estimate of drug-likeness (QED) is 0.655. The Morgan fingerprint density at radius 3 is 2.56 bits per heavy atom. The lowest BCUT2D eigenvalue weighted by Gasteiger charge is -2.10. The van der Waals surface area contributed by atoms with Gasteiger partial charge in [0.25, 0.3) is 0 Å². The summed E-state index contributed by atoms with van der Waals surface area (Å²) in [5.41, 5.74) is 6.97. The summed E-state index contributed by atoms with van der Waals surface area (Å²) in [6, 6.07) is 15.1. The summed E-state index contributed by atoms with van der Waals surface area (Å²) in [6.07, 6.45) is 5.59. The summed E-state index contributed by atoms with van der Waals surface area (Å²) >= 11 is 0. The van der Waals surface area contributed by atoms with Crippen molar-refractivity contribution >= 4 is 6.08 Å². The van der Waals surface area contributed by atoms with Gasteiger partial charge in [0.1, 0.15) is 0 Å². The van der Waals surface area contributed by atoms with Crippen LogP contribution in [0, 0.1) is 6.92 Å². The molecule has 16 heavy (non-hydrogen) atoms. The average molecular weight is 206 g/mol. The van der Waals surface area contributed by atoms with Crippen LogP contribution in [0.2, 0.25) is 0 Å². The molecule has 0 atom stereocenters. The Morgan fingerprint density at radius 1 is 0.938 bits per heavy atom. The fraction of sp³-hybridized carbons (Fsp3) is 0.125. The van der Waals surface area contributed by atoms with Gasteiger partial charge in [-0.25, -0.2) is 0 Å². The Morgan fingerprint density at radius 2 is 1.75 bits per heavy atom. The van der Waals surface area contributed by atoms with Crippen molar-refractivity contribution in [1.82, 2.24) is 0 Å². The Kier molecular flexibility index (Phi) is 2.14. The fourth-order valence-corrected chi connectivity index (χ4v) is 2.40. The van der Waals surface area contributed by atoms with Crippen LogP contribution < -0.4 is 0 Å². The van der Waals surface area contributed by atoms with Crippen LogP contribution in [0.4, 0.5) is 0 Å². The largest absolute Gasteiger partial charge is 0.0795 e. The van der Waals surface area contributed by atoms with Crippen molar-refractivity contribution in [1.29, 1.82) is 0 Å². The molecule has 0 fully saturated rings. The molecule has 2 aromatic rings. The molecule has 0 heterocycles. The third-order valence-corrected chi connectivity index (χ3v) is 3.28. The summed E-state index contributed by atoms with van der Waals surface area (Å²) in [5.74, 6) is 0. The Balaban J connectivity index is 2.23. The zero-order valence-electron chi connectivity index (χ0n) is 9.40. The smallest absolute Gasteiger partial charge is 0.00853 e. The van der Waals surface area contributed by atoms with Gasteiger partial charge in [0, 0.05) is 0 Å². The molecule has 2 aromatic carbocycles. The SMILES string of the molecule is Cc1ccc(-c2ccccc2)c2c1CC=C2. The molecule has 1 aliphatic rings. The van der Waals surface area contributed by atoms with E-state index in [-0.39, 0.29) is 0 Å². The lowest BCUT2D eigenvalue weighted by atomic mass is 9.94. The maximum absolute atomic E-state index is 2.25. The maximum atomic E-state index is 2.25. The first-order chi connectivity index (χ1) is 7.86. The van der Waals surface area contributed by atoms with Crippen LogP contribution in [0.15, 0.2) is 48.5 Å². The summed E-state index contributed by atoms with van der Waals surface area (Å²) in [7, 11) is 0.